The van der Waals surface area contributed by atoms with E-state index in [1.165, 1.54) is 5.01 Å². The Morgan fingerprint density at radius 1 is 1.07 bits per heavy atom. The van der Waals surface area contributed by atoms with Crippen LogP contribution in [-0.4, -0.2) is 11.6 Å². The van der Waals surface area contributed by atoms with Crippen LogP contribution in [0.4, 0.5) is 5.69 Å². The summed E-state index contributed by atoms with van der Waals surface area (Å²) in [7, 11) is 0. The summed E-state index contributed by atoms with van der Waals surface area (Å²) >= 11 is 9.74. The first-order chi connectivity index (χ1) is 14.5. The van der Waals surface area contributed by atoms with Crippen molar-refractivity contribution in [1.82, 2.24) is 0 Å². The van der Waals surface area contributed by atoms with Crippen LogP contribution in [0.3, 0.4) is 0 Å². The molecule has 0 spiro atoms. The molecular weight excluding hydrogens is 464 g/mol. The fraction of sp³-hybridized carbons (Fsp3) is 0.0833. The Labute approximate surface area is 188 Å². The summed E-state index contributed by atoms with van der Waals surface area (Å²) in [6.45, 7) is 2.16. The van der Waals surface area contributed by atoms with Crippen molar-refractivity contribution in [2.45, 2.75) is 13.5 Å². The van der Waals surface area contributed by atoms with Crippen LogP contribution < -0.4 is 9.75 Å². The first-order valence-corrected chi connectivity index (χ1v) is 10.5. The van der Waals surface area contributed by atoms with Gasteiger partial charge in [-0.15, -0.1) is 0 Å². The van der Waals surface area contributed by atoms with E-state index in [0.29, 0.717) is 28.7 Å². The fourth-order valence-corrected chi connectivity index (χ4v) is 3.69. The molecule has 0 radical (unpaired) electrons. The van der Waals surface area contributed by atoms with Crippen LogP contribution in [0, 0.1) is 0 Å². The van der Waals surface area contributed by atoms with E-state index in [4.69, 9.17) is 16.3 Å². The number of hydrogen-bond donors (Lipinski definition) is 0. The van der Waals surface area contributed by atoms with Gasteiger partial charge in [-0.25, -0.2) is 0 Å². The second-order valence-electron chi connectivity index (χ2n) is 6.76. The molecule has 1 aliphatic heterocycles. The smallest absolute Gasteiger partial charge is 0.280 e. The molecule has 0 bridgehead atoms. The number of para-hydroxylation sites is 1. The molecule has 0 unspecified atom stereocenters. The van der Waals surface area contributed by atoms with E-state index in [2.05, 4.69) is 21.0 Å². The second kappa shape index (κ2) is 8.86. The molecular formula is C24H18BrClN2O2. The van der Waals surface area contributed by atoms with Gasteiger partial charge in [-0.2, -0.15) is 10.1 Å². The van der Waals surface area contributed by atoms with Crippen LogP contribution in [0.25, 0.3) is 6.08 Å². The van der Waals surface area contributed by atoms with Gasteiger partial charge in [0, 0.05) is 20.6 Å². The van der Waals surface area contributed by atoms with E-state index in [0.717, 1.165) is 21.3 Å². The third kappa shape index (κ3) is 4.32. The Kier molecular flexibility index (Phi) is 6.02. The number of carbonyl (C=O) groups excluding carboxylic acids is 1. The molecule has 30 heavy (non-hydrogen) atoms. The number of amides is 1. The molecule has 0 atom stereocenters. The van der Waals surface area contributed by atoms with Crippen molar-refractivity contribution < 1.29 is 9.53 Å². The average molecular weight is 482 g/mol. The highest BCUT2D eigenvalue weighted by molar-refractivity contribution is 9.10. The Balaban J connectivity index is 1.63. The van der Waals surface area contributed by atoms with Crippen molar-refractivity contribution in [2.75, 3.05) is 5.01 Å². The molecule has 150 valence electrons. The quantitative estimate of drug-likeness (QED) is 0.391. The molecule has 0 aromatic heterocycles. The van der Waals surface area contributed by atoms with Gasteiger partial charge in [0.2, 0.25) is 0 Å². The maximum atomic E-state index is 13.0. The minimum atomic E-state index is -0.171. The molecule has 3 aromatic rings. The van der Waals surface area contributed by atoms with Crippen LogP contribution in [0.1, 0.15) is 18.1 Å². The van der Waals surface area contributed by atoms with E-state index in [9.17, 15) is 4.79 Å². The number of hydrazone groups is 1. The number of benzene rings is 3. The molecule has 0 saturated carbocycles. The van der Waals surface area contributed by atoms with Gasteiger partial charge in [-0.1, -0.05) is 63.9 Å². The lowest BCUT2D eigenvalue weighted by Gasteiger charge is -2.12. The fourth-order valence-electron chi connectivity index (χ4n) is 3.12. The number of nitrogens with zero attached hydrogens (tertiary/aromatic N) is 2. The lowest BCUT2D eigenvalue weighted by Crippen LogP contribution is -2.21. The lowest BCUT2D eigenvalue weighted by molar-refractivity contribution is -0.114. The Morgan fingerprint density at radius 2 is 1.80 bits per heavy atom. The normalized spacial score (nSPS) is 14.9. The standard InChI is InChI=1S/C24H18BrClN2O2/c1-16-21(24(29)28(27-16)20-8-3-2-4-9-20)14-18-13-19(25)11-12-23(18)30-15-17-7-5-6-10-22(17)26/h2-14H,15H2,1H3/b21-14-. The van der Waals surface area contributed by atoms with Crippen molar-refractivity contribution in [3.8, 4) is 5.75 Å². The zero-order valence-corrected chi connectivity index (χ0v) is 18.5. The maximum Gasteiger partial charge on any atom is 0.280 e. The van der Waals surface area contributed by atoms with Crippen molar-refractivity contribution in [3.05, 3.63) is 99.0 Å². The summed E-state index contributed by atoms with van der Waals surface area (Å²) < 4.78 is 6.92. The Hall–Kier alpha value is -2.89. The summed E-state index contributed by atoms with van der Waals surface area (Å²) in [5.41, 5.74) is 3.59. The minimum Gasteiger partial charge on any atom is -0.488 e. The Morgan fingerprint density at radius 3 is 2.57 bits per heavy atom. The second-order valence-corrected chi connectivity index (χ2v) is 8.08. The van der Waals surface area contributed by atoms with Crippen LogP contribution in [0.5, 0.6) is 5.75 Å². The van der Waals surface area contributed by atoms with E-state index < -0.39 is 0 Å². The molecule has 0 saturated heterocycles. The van der Waals surface area contributed by atoms with Gasteiger partial charge in [0.05, 0.1) is 17.0 Å². The van der Waals surface area contributed by atoms with Crippen molar-refractivity contribution >= 4 is 50.9 Å². The van der Waals surface area contributed by atoms with Crippen molar-refractivity contribution in [2.24, 2.45) is 5.10 Å². The highest BCUT2D eigenvalue weighted by atomic mass is 79.9. The number of halogens is 2. The number of hydrogen-bond acceptors (Lipinski definition) is 3. The summed E-state index contributed by atoms with van der Waals surface area (Å²) in [5, 5.41) is 6.51. The van der Waals surface area contributed by atoms with Gasteiger partial charge in [-0.3, -0.25) is 4.79 Å². The molecule has 3 aromatic carbocycles. The zero-order chi connectivity index (χ0) is 21.1. The van der Waals surface area contributed by atoms with Crippen LogP contribution >= 0.6 is 27.5 Å². The molecule has 0 N–H and O–H groups in total. The third-order valence-electron chi connectivity index (χ3n) is 4.68. The SMILES string of the molecule is CC1=NN(c2ccccc2)C(=O)/C1=C\c1cc(Br)ccc1OCc1ccccc1Cl. The van der Waals surface area contributed by atoms with Crippen molar-refractivity contribution in [3.63, 3.8) is 0 Å². The molecule has 4 rings (SSSR count). The number of anilines is 1. The van der Waals surface area contributed by atoms with Gasteiger partial charge in [0.1, 0.15) is 12.4 Å². The molecule has 1 amide bonds. The van der Waals surface area contributed by atoms with Crippen LogP contribution in [0.2, 0.25) is 5.02 Å². The predicted octanol–water partition coefficient (Wildman–Crippen LogP) is 6.49. The number of ether oxygens (including phenoxy) is 1. The number of carbonyl (C=O) groups is 1. The zero-order valence-electron chi connectivity index (χ0n) is 16.2. The lowest BCUT2D eigenvalue weighted by atomic mass is 10.1. The third-order valence-corrected chi connectivity index (χ3v) is 5.54. The molecule has 4 nitrogen and oxygen atoms in total. The molecule has 0 fully saturated rings. The van der Waals surface area contributed by atoms with Crippen LogP contribution in [-0.2, 0) is 11.4 Å². The topological polar surface area (TPSA) is 41.9 Å². The van der Waals surface area contributed by atoms with E-state index in [1.54, 1.807) is 0 Å². The largest absolute Gasteiger partial charge is 0.488 e. The Bertz CT molecular complexity index is 1160. The monoisotopic (exact) mass is 480 g/mol. The van der Waals surface area contributed by atoms with Crippen molar-refractivity contribution in [1.29, 1.82) is 0 Å². The average Bonchev–Trinajstić information content (AvgIpc) is 3.03. The number of rotatable bonds is 5. The summed E-state index contributed by atoms with van der Waals surface area (Å²) in [6, 6.07) is 22.6. The summed E-state index contributed by atoms with van der Waals surface area (Å²) in [5.74, 6) is 0.486. The van der Waals surface area contributed by atoms with E-state index in [-0.39, 0.29) is 5.91 Å². The summed E-state index contributed by atoms with van der Waals surface area (Å²) in [6.07, 6.45) is 1.82. The van der Waals surface area contributed by atoms with Crippen LogP contribution in [0.15, 0.2) is 87.9 Å². The van der Waals surface area contributed by atoms with Gasteiger partial charge in [0.25, 0.3) is 5.91 Å². The highest BCUT2D eigenvalue weighted by Gasteiger charge is 2.28. The molecule has 6 heteroatoms. The van der Waals surface area contributed by atoms with E-state index in [1.807, 2.05) is 85.8 Å². The van der Waals surface area contributed by atoms with Gasteiger partial charge in [0.15, 0.2) is 0 Å². The first kappa shape index (κ1) is 20.4. The first-order valence-electron chi connectivity index (χ1n) is 9.35. The predicted molar refractivity (Wildman–Crippen MR) is 125 cm³/mol. The van der Waals surface area contributed by atoms with Gasteiger partial charge < -0.3 is 4.74 Å². The summed E-state index contributed by atoms with van der Waals surface area (Å²) in [4.78, 5) is 13.0. The molecule has 0 aliphatic carbocycles. The van der Waals surface area contributed by atoms with E-state index >= 15 is 0 Å². The van der Waals surface area contributed by atoms with Gasteiger partial charge in [-0.05, 0) is 49.4 Å². The molecule has 1 aliphatic rings. The highest BCUT2D eigenvalue weighted by Crippen LogP contribution is 2.30. The van der Waals surface area contributed by atoms with Gasteiger partial charge >= 0.3 is 0 Å². The maximum absolute atomic E-state index is 13.0. The minimum absolute atomic E-state index is 0.171. The molecule has 1 heterocycles.